The summed E-state index contributed by atoms with van der Waals surface area (Å²) < 4.78 is 17.7. The maximum atomic E-state index is 12.6. The number of aliphatic hydroxyl groups is 3. The zero-order chi connectivity index (χ0) is 26.4. The third kappa shape index (κ3) is 8.48. The SMILES string of the molecule is CC(=O)N[C@H]1C(O)[C@@H](O)C(CO)O[C@H]1OCCCCC(=O)N1CCC(O[Si](C)(C)C(C)(C)C)CC1. The van der Waals surface area contributed by atoms with E-state index in [-0.39, 0.29) is 23.7 Å². The zero-order valence-electron chi connectivity index (χ0n) is 22.2. The number of hydrogen-bond acceptors (Lipinski definition) is 8. The van der Waals surface area contributed by atoms with Crippen LogP contribution in [-0.2, 0) is 23.5 Å². The Hall–Kier alpha value is -1.08. The number of unbranched alkanes of at least 4 members (excludes halogenated alkanes) is 1. The fourth-order valence-electron chi connectivity index (χ4n) is 4.17. The molecule has 10 nitrogen and oxygen atoms in total. The smallest absolute Gasteiger partial charge is 0.222 e. The van der Waals surface area contributed by atoms with Crippen LogP contribution in [-0.4, -0.2) is 103 Å². The summed E-state index contributed by atoms with van der Waals surface area (Å²) >= 11 is 0. The molecule has 11 heteroatoms. The first kappa shape index (κ1) is 30.1. The Morgan fingerprint density at radius 1 is 1.11 bits per heavy atom. The molecule has 2 aliphatic rings. The number of hydrogen-bond donors (Lipinski definition) is 4. The summed E-state index contributed by atoms with van der Waals surface area (Å²) in [5.74, 6) is -0.273. The van der Waals surface area contributed by atoms with Gasteiger partial charge in [0.15, 0.2) is 14.6 Å². The molecule has 2 saturated heterocycles. The van der Waals surface area contributed by atoms with Gasteiger partial charge in [0.1, 0.15) is 24.4 Å². The van der Waals surface area contributed by atoms with Crippen molar-refractivity contribution in [3.8, 4) is 0 Å². The molecule has 0 aliphatic carbocycles. The van der Waals surface area contributed by atoms with E-state index in [1.807, 2.05) is 4.90 Å². The van der Waals surface area contributed by atoms with E-state index < -0.39 is 51.5 Å². The van der Waals surface area contributed by atoms with Crippen LogP contribution in [0.3, 0.4) is 0 Å². The summed E-state index contributed by atoms with van der Waals surface area (Å²) in [4.78, 5) is 26.0. The van der Waals surface area contributed by atoms with Crippen LogP contribution >= 0.6 is 0 Å². The Bertz CT molecular complexity index is 694. The Morgan fingerprint density at radius 2 is 1.74 bits per heavy atom. The standard InChI is InChI=1S/C24H46N2O8Si/c1-16(28)25-20-22(31)21(30)18(15-27)33-23(20)32-14-8-7-9-19(29)26-12-10-17(11-13-26)34-35(5,6)24(2,3)4/h17-18,20-23,27,30-31H,7-15H2,1-6H3,(H,25,28)/t18?,20-,21-,22?,23+/m0/s1. The number of nitrogens with one attached hydrogen (secondary N) is 1. The van der Waals surface area contributed by atoms with Crippen LogP contribution < -0.4 is 5.32 Å². The number of ether oxygens (including phenoxy) is 2. The van der Waals surface area contributed by atoms with Crippen molar-refractivity contribution < 1.29 is 38.8 Å². The molecular formula is C24H46N2O8Si. The molecular weight excluding hydrogens is 472 g/mol. The summed E-state index contributed by atoms with van der Waals surface area (Å²) in [7, 11) is -1.81. The predicted octanol–water partition coefficient (Wildman–Crippen LogP) is 1.13. The van der Waals surface area contributed by atoms with Crippen LogP contribution in [0.1, 0.15) is 59.8 Å². The molecule has 2 fully saturated rings. The average molecular weight is 519 g/mol. The second kappa shape index (κ2) is 12.9. The summed E-state index contributed by atoms with van der Waals surface area (Å²) in [6.07, 6.45) is -1.11. The quantitative estimate of drug-likeness (QED) is 0.249. The minimum atomic E-state index is -1.81. The predicted molar refractivity (Wildman–Crippen MR) is 133 cm³/mol. The van der Waals surface area contributed by atoms with E-state index in [0.29, 0.717) is 32.4 Å². The van der Waals surface area contributed by atoms with Gasteiger partial charge in [-0.05, 0) is 43.8 Å². The van der Waals surface area contributed by atoms with Crippen LogP contribution in [0.4, 0.5) is 0 Å². The first-order chi connectivity index (χ1) is 16.3. The molecule has 204 valence electrons. The van der Waals surface area contributed by atoms with Crippen molar-refractivity contribution in [3.05, 3.63) is 0 Å². The highest BCUT2D eigenvalue weighted by molar-refractivity contribution is 6.74. The summed E-state index contributed by atoms with van der Waals surface area (Å²) in [6.45, 7) is 13.7. The Labute approximate surface area is 210 Å². The molecule has 0 spiro atoms. The highest BCUT2D eigenvalue weighted by atomic mass is 28.4. The van der Waals surface area contributed by atoms with Crippen LogP contribution in [0.15, 0.2) is 0 Å². The van der Waals surface area contributed by atoms with Crippen molar-refractivity contribution >= 4 is 20.1 Å². The van der Waals surface area contributed by atoms with Crippen molar-refractivity contribution in [2.24, 2.45) is 0 Å². The molecule has 5 atom stereocenters. The summed E-state index contributed by atoms with van der Waals surface area (Å²) in [5.41, 5.74) is 0. The van der Waals surface area contributed by atoms with E-state index in [4.69, 9.17) is 13.9 Å². The summed E-state index contributed by atoms with van der Waals surface area (Å²) in [6, 6.07) is -0.957. The van der Waals surface area contributed by atoms with Gasteiger partial charge in [0.05, 0.1) is 6.61 Å². The third-order valence-corrected chi connectivity index (χ3v) is 11.9. The molecule has 0 aromatic rings. The van der Waals surface area contributed by atoms with Gasteiger partial charge in [-0.1, -0.05) is 20.8 Å². The zero-order valence-corrected chi connectivity index (χ0v) is 23.2. The first-order valence-electron chi connectivity index (χ1n) is 12.7. The number of piperidine rings is 1. The third-order valence-electron chi connectivity index (χ3n) is 7.38. The maximum absolute atomic E-state index is 12.6. The van der Waals surface area contributed by atoms with E-state index in [0.717, 1.165) is 12.8 Å². The molecule has 35 heavy (non-hydrogen) atoms. The molecule has 2 rings (SSSR count). The highest BCUT2D eigenvalue weighted by Crippen LogP contribution is 2.38. The molecule has 0 aromatic carbocycles. The molecule has 2 amide bonds. The lowest BCUT2D eigenvalue weighted by Crippen LogP contribution is -2.64. The molecule has 0 radical (unpaired) electrons. The molecule has 4 N–H and O–H groups in total. The number of rotatable bonds is 10. The molecule has 2 unspecified atom stereocenters. The molecule has 2 heterocycles. The fourth-order valence-corrected chi connectivity index (χ4v) is 5.59. The van der Waals surface area contributed by atoms with Crippen molar-refractivity contribution in [2.45, 2.75) is 115 Å². The van der Waals surface area contributed by atoms with Gasteiger partial charge >= 0.3 is 0 Å². The van der Waals surface area contributed by atoms with Gasteiger partial charge in [-0.25, -0.2) is 0 Å². The lowest BCUT2D eigenvalue weighted by atomic mass is 9.97. The van der Waals surface area contributed by atoms with Crippen LogP contribution in [0.5, 0.6) is 0 Å². The molecule has 0 saturated carbocycles. The minimum absolute atomic E-state index is 0.125. The van der Waals surface area contributed by atoms with E-state index in [1.54, 1.807) is 0 Å². The number of nitrogens with zero attached hydrogens (tertiary/aromatic N) is 1. The Balaban J connectivity index is 1.72. The van der Waals surface area contributed by atoms with Crippen molar-refractivity contribution in [2.75, 3.05) is 26.3 Å². The van der Waals surface area contributed by atoms with E-state index >= 15 is 0 Å². The minimum Gasteiger partial charge on any atom is -0.414 e. The normalized spacial score (nSPS) is 28.7. The van der Waals surface area contributed by atoms with Crippen molar-refractivity contribution in [1.29, 1.82) is 0 Å². The Morgan fingerprint density at radius 3 is 2.29 bits per heavy atom. The molecule has 0 bridgehead atoms. The van der Waals surface area contributed by atoms with Crippen LogP contribution in [0.25, 0.3) is 0 Å². The van der Waals surface area contributed by atoms with Gasteiger partial charge in [0, 0.05) is 39.1 Å². The average Bonchev–Trinajstić information content (AvgIpc) is 2.77. The molecule has 0 aromatic heterocycles. The highest BCUT2D eigenvalue weighted by Gasteiger charge is 2.45. The van der Waals surface area contributed by atoms with Gasteiger partial charge in [-0.15, -0.1) is 0 Å². The number of aliphatic hydroxyl groups excluding tert-OH is 3. The summed E-state index contributed by atoms with van der Waals surface area (Å²) in [5, 5.41) is 32.4. The number of amides is 2. The number of carbonyl (C=O) groups excluding carboxylic acids is 2. The van der Waals surface area contributed by atoms with Gasteiger partial charge in [0.25, 0.3) is 0 Å². The second-order valence-electron chi connectivity index (χ2n) is 11.2. The Kier molecular flexibility index (Phi) is 11.1. The lowest BCUT2D eigenvalue weighted by molar-refractivity contribution is -0.270. The van der Waals surface area contributed by atoms with E-state index in [2.05, 4.69) is 39.2 Å². The second-order valence-corrected chi connectivity index (χ2v) is 16.0. The van der Waals surface area contributed by atoms with Crippen molar-refractivity contribution in [1.82, 2.24) is 10.2 Å². The lowest BCUT2D eigenvalue weighted by Gasteiger charge is -2.42. The number of carbonyl (C=O) groups is 2. The van der Waals surface area contributed by atoms with Gasteiger partial charge in [-0.2, -0.15) is 0 Å². The molecule has 2 aliphatic heterocycles. The number of likely N-dealkylation sites (tertiary alicyclic amines) is 1. The largest absolute Gasteiger partial charge is 0.414 e. The maximum Gasteiger partial charge on any atom is 0.222 e. The van der Waals surface area contributed by atoms with Crippen molar-refractivity contribution in [3.63, 3.8) is 0 Å². The monoisotopic (exact) mass is 518 g/mol. The van der Waals surface area contributed by atoms with E-state index in [1.165, 1.54) is 6.92 Å². The van der Waals surface area contributed by atoms with Gasteiger partial charge in [0.2, 0.25) is 11.8 Å². The van der Waals surface area contributed by atoms with Gasteiger partial charge < -0.3 is 39.4 Å². The topological polar surface area (TPSA) is 138 Å². The van der Waals surface area contributed by atoms with Gasteiger partial charge in [-0.3, -0.25) is 9.59 Å². The fraction of sp³-hybridized carbons (Fsp3) is 0.917. The first-order valence-corrected chi connectivity index (χ1v) is 15.6. The van der Waals surface area contributed by atoms with Crippen LogP contribution in [0, 0.1) is 0 Å². The van der Waals surface area contributed by atoms with E-state index in [9.17, 15) is 24.9 Å². The van der Waals surface area contributed by atoms with Crippen LogP contribution in [0.2, 0.25) is 18.1 Å².